The van der Waals surface area contributed by atoms with Crippen molar-refractivity contribution in [3.63, 3.8) is 0 Å². The van der Waals surface area contributed by atoms with E-state index in [0.717, 1.165) is 25.9 Å². The van der Waals surface area contributed by atoms with Gasteiger partial charge in [0, 0.05) is 19.2 Å². The number of alkyl halides is 3. The van der Waals surface area contributed by atoms with E-state index in [1.807, 2.05) is 0 Å². The van der Waals surface area contributed by atoms with Crippen LogP contribution in [-0.4, -0.2) is 31.5 Å². The van der Waals surface area contributed by atoms with Gasteiger partial charge < -0.3 is 10.1 Å². The summed E-state index contributed by atoms with van der Waals surface area (Å²) < 4.78 is 44.5. The van der Waals surface area contributed by atoms with E-state index in [1.54, 1.807) is 0 Å². The average molecular weight is 279 g/mol. The van der Waals surface area contributed by atoms with Crippen LogP contribution in [0, 0.1) is 11.8 Å². The molecule has 1 aliphatic heterocycles. The number of halogens is 3. The van der Waals surface area contributed by atoms with Crippen LogP contribution in [0.3, 0.4) is 0 Å². The van der Waals surface area contributed by atoms with Crippen LogP contribution in [0.2, 0.25) is 0 Å². The van der Waals surface area contributed by atoms with Gasteiger partial charge in [-0.1, -0.05) is 19.8 Å². The zero-order chi connectivity index (χ0) is 13.9. The summed E-state index contributed by atoms with van der Waals surface area (Å²) in [5.74, 6) is -0.788. The van der Waals surface area contributed by atoms with E-state index >= 15 is 0 Å². The highest BCUT2D eigenvalue weighted by molar-refractivity contribution is 4.87. The van der Waals surface area contributed by atoms with Crippen molar-refractivity contribution in [3.8, 4) is 0 Å². The SMILES string of the molecule is CCC1OCCC1CNC1CCCCC1C(F)(F)F. The molecule has 0 spiro atoms. The van der Waals surface area contributed by atoms with Gasteiger partial charge in [-0.15, -0.1) is 0 Å². The zero-order valence-electron chi connectivity index (χ0n) is 11.5. The van der Waals surface area contributed by atoms with Gasteiger partial charge in [-0.2, -0.15) is 13.2 Å². The Kier molecular flexibility index (Phi) is 5.12. The molecule has 4 unspecified atom stereocenters. The monoisotopic (exact) mass is 279 g/mol. The smallest absolute Gasteiger partial charge is 0.378 e. The molecule has 1 heterocycles. The third kappa shape index (κ3) is 3.85. The third-order valence-corrected chi connectivity index (χ3v) is 4.58. The minimum atomic E-state index is -4.06. The van der Waals surface area contributed by atoms with Crippen LogP contribution >= 0.6 is 0 Å². The molecule has 0 aromatic rings. The van der Waals surface area contributed by atoms with E-state index in [-0.39, 0.29) is 12.5 Å². The predicted octanol–water partition coefficient (Wildman–Crippen LogP) is 3.51. The van der Waals surface area contributed by atoms with Gasteiger partial charge in [-0.05, 0) is 31.6 Å². The molecule has 1 aliphatic carbocycles. The normalized spacial score (nSPS) is 36.6. The second-order valence-corrected chi connectivity index (χ2v) is 5.81. The van der Waals surface area contributed by atoms with Gasteiger partial charge >= 0.3 is 6.18 Å². The zero-order valence-corrected chi connectivity index (χ0v) is 11.5. The number of rotatable bonds is 4. The van der Waals surface area contributed by atoms with Gasteiger partial charge in [0.2, 0.25) is 0 Å². The maximum atomic E-state index is 13.0. The molecule has 112 valence electrons. The summed E-state index contributed by atoms with van der Waals surface area (Å²) in [6, 6.07) is -0.396. The fourth-order valence-electron chi connectivity index (χ4n) is 3.45. The molecule has 0 aromatic carbocycles. The molecule has 1 saturated carbocycles. The molecule has 2 aliphatic rings. The number of hydrogen-bond acceptors (Lipinski definition) is 2. The molecule has 4 atom stereocenters. The molecule has 2 rings (SSSR count). The average Bonchev–Trinajstić information content (AvgIpc) is 2.83. The Morgan fingerprint density at radius 2 is 1.89 bits per heavy atom. The standard InChI is InChI=1S/C14H24F3NO/c1-2-13-10(7-8-19-13)9-18-12-6-4-3-5-11(12)14(15,16)17/h10-13,18H,2-9H2,1H3. The molecule has 5 heteroatoms. The fourth-order valence-corrected chi connectivity index (χ4v) is 3.45. The first-order chi connectivity index (χ1) is 9.02. The highest BCUT2D eigenvalue weighted by Crippen LogP contribution is 2.38. The Morgan fingerprint density at radius 1 is 1.16 bits per heavy atom. The summed E-state index contributed by atoms with van der Waals surface area (Å²) in [7, 11) is 0. The quantitative estimate of drug-likeness (QED) is 0.850. The van der Waals surface area contributed by atoms with Gasteiger partial charge in [0.15, 0.2) is 0 Å². The lowest BCUT2D eigenvalue weighted by atomic mass is 9.83. The lowest BCUT2D eigenvalue weighted by molar-refractivity contribution is -0.189. The molecular formula is C14H24F3NO. The maximum Gasteiger partial charge on any atom is 0.393 e. The van der Waals surface area contributed by atoms with E-state index in [4.69, 9.17) is 4.74 Å². The van der Waals surface area contributed by atoms with Crippen LogP contribution in [0.5, 0.6) is 0 Å². The largest absolute Gasteiger partial charge is 0.393 e. The highest BCUT2D eigenvalue weighted by Gasteiger charge is 2.45. The van der Waals surface area contributed by atoms with E-state index in [1.165, 1.54) is 0 Å². The lowest BCUT2D eigenvalue weighted by Gasteiger charge is -2.34. The van der Waals surface area contributed by atoms with Gasteiger partial charge in [-0.25, -0.2) is 0 Å². The number of hydrogen-bond donors (Lipinski definition) is 1. The van der Waals surface area contributed by atoms with Gasteiger partial charge in [0.05, 0.1) is 12.0 Å². The minimum Gasteiger partial charge on any atom is -0.378 e. The summed E-state index contributed by atoms with van der Waals surface area (Å²) in [4.78, 5) is 0. The van der Waals surface area contributed by atoms with Crippen molar-refractivity contribution in [2.75, 3.05) is 13.2 Å². The Morgan fingerprint density at radius 3 is 2.58 bits per heavy atom. The molecule has 1 saturated heterocycles. The second-order valence-electron chi connectivity index (χ2n) is 5.81. The van der Waals surface area contributed by atoms with Gasteiger partial charge in [0.25, 0.3) is 0 Å². The van der Waals surface area contributed by atoms with Crippen LogP contribution in [0.25, 0.3) is 0 Å². The fraction of sp³-hybridized carbons (Fsp3) is 1.00. The predicted molar refractivity (Wildman–Crippen MR) is 67.9 cm³/mol. The van der Waals surface area contributed by atoms with Crippen molar-refractivity contribution in [2.24, 2.45) is 11.8 Å². The van der Waals surface area contributed by atoms with Gasteiger partial charge in [0.1, 0.15) is 0 Å². The van der Waals surface area contributed by atoms with Crippen LogP contribution in [0.1, 0.15) is 45.4 Å². The molecule has 2 nitrogen and oxygen atoms in total. The first kappa shape index (κ1) is 15.1. The Balaban J connectivity index is 1.86. The van der Waals surface area contributed by atoms with Crippen molar-refractivity contribution >= 4 is 0 Å². The molecule has 0 bridgehead atoms. The summed E-state index contributed by atoms with van der Waals surface area (Å²) in [6.07, 6.45) is 0.604. The minimum absolute atomic E-state index is 0.223. The molecular weight excluding hydrogens is 255 g/mol. The Hall–Kier alpha value is -0.290. The first-order valence-corrected chi connectivity index (χ1v) is 7.44. The van der Waals surface area contributed by atoms with Crippen LogP contribution in [-0.2, 0) is 4.74 Å². The van der Waals surface area contributed by atoms with E-state index < -0.39 is 18.1 Å². The van der Waals surface area contributed by atoms with E-state index in [2.05, 4.69) is 12.2 Å². The van der Waals surface area contributed by atoms with Crippen molar-refractivity contribution < 1.29 is 17.9 Å². The Bertz CT molecular complexity index is 282. The number of nitrogens with one attached hydrogen (secondary N) is 1. The van der Waals surface area contributed by atoms with Crippen molar-refractivity contribution in [2.45, 2.75) is 63.8 Å². The topological polar surface area (TPSA) is 21.3 Å². The van der Waals surface area contributed by atoms with Crippen LogP contribution < -0.4 is 5.32 Å². The highest BCUT2D eigenvalue weighted by atomic mass is 19.4. The molecule has 0 amide bonds. The lowest BCUT2D eigenvalue weighted by Crippen LogP contribution is -2.47. The molecule has 0 aromatic heterocycles. The third-order valence-electron chi connectivity index (χ3n) is 4.58. The molecule has 19 heavy (non-hydrogen) atoms. The van der Waals surface area contributed by atoms with Crippen molar-refractivity contribution in [1.82, 2.24) is 5.32 Å². The first-order valence-electron chi connectivity index (χ1n) is 7.44. The molecule has 2 fully saturated rings. The Labute approximate surface area is 113 Å². The summed E-state index contributed by atoms with van der Waals surface area (Å²) >= 11 is 0. The van der Waals surface area contributed by atoms with Crippen molar-refractivity contribution in [3.05, 3.63) is 0 Å². The van der Waals surface area contributed by atoms with Crippen molar-refractivity contribution in [1.29, 1.82) is 0 Å². The molecule has 1 N–H and O–H groups in total. The van der Waals surface area contributed by atoms with E-state index in [9.17, 15) is 13.2 Å². The van der Waals surface area contributed by atoms with Crippen LogP contribution in [0.4, 0.5) is 13.2 Å². The second kappa shape index (κ2) is 6.44. The number of ether oxygens (including phenoxy) is 1. The van der Waals surface area contributed by atoms with Crippen LogP contribution in [0.15, 0.2) is 0 Å². The molecule has 0 radical (unpaired) electrons. The van der Waals surface area contributed by atoms with Gasteiger partial charge in [-0.3, -0.25) is 0 Å². The summed E-state index contributed by atoms with van der Waals surface area (Å²) in [6.45, 7) is 3.48. The summed E-state index contributed by atoms with van der Waals surface area (Å²) in [5, 5.41) is 3.18. The summed E-state index contributed by atoms with van der Waals surface area (Å²) in [5.41, 5.74) is 0. The maximum absolute atomic E-state index is 13.0. The van der Waals surface area contributed by atoms with E-state index in [0.29, 0.717) is 25.3 Å².